The van der Waals surface area contributed by atoms with E-state index >= 15 is 0 Å². The smallest absolute Gasteiger partial charge is 0.259 e. The minimum atomic E-state index is -0.352. The topological polar surface area (TPSA) is 83.0 Å². The van der Waals surface area contributed by atoms with Crippen LogP contribution in [0.15, 0.2) is 42.6 Å². The minimum Gasteiger partial charge on any atom is -0.472 e. The van der Waals surface area contributed by atoms with Crippen LogP contribution in [0, 0.1) is 11.8 Å². The summed E-state index contributed by atoms with van der Waals surface area (Å²) in [7, 11) is 1.82. The Morgan fingerprint density at radius 1 is 1.26 bits per heavy atom. The lowest BCUT2D eigenvalue weighted by atomic mass is 9.84. The van der Waals surface area contributed by atoms with Gasteiger partial charge in [-0.25, -0.2) is 4.98 Å². The molecular weight excluding hydrogens is 442 g/mol. The van der Waals surface area contributed by atoms with Crippen LogP contribution in [0.3, 0.4) is 0 Å². The van der Waals surface area contributed by atoms with Crippen LogP contribution in [0.2, 0.25) is 0 Å². The van der Waals surface area contributed by atoms with Gasteiger partial charge in [-0.3, -0.25) is 9.59 Å². The first-order valence-electron chi connectivity index (χ1n) is 12.4. The number of hydrogen-bond donors (Lipinski definition) is 1. The zero-order chi connectivity index (χ0) is 24.9. The number of aliphatic hydroxyl groups is 1. The average Bonchev–Trinajstić information content (AvgIpc) is 2.84. The van der Waals surface area contributed by atoms with E-state index in [-0.39, 0.29) is 48.3 Å². The van der Waals surface area contributed by atoms with Crippen molar-refractivity contribution in [3.8, 4) is 5.88 Å². The maximum absolute atomic E-state index is 13.5. The molecule has 1 aromatic carbocycles. The highest BCUT2D eigenvalue weighted by Gasteiger charge is 2.36. The first-order valence-corrected chi connectivity index (χ1v) is 12.4. The van der Waals surface area contributed by atoms with E-state index in [0.717, 1.165) is 30.4 Å². The Hall–Kier alpha value is -3.19. The second-order valence-electron chi connectivity index (χ2n) is 9.83. The number of likely N-dealkylation sites (N-methyl/N-ethyl adjacent to an activating group) is 1. The number of hydrogen-bond acceptors (Lipinski definition) is 5. The maximum atomic E-state index is 13.5. The summed E-state index contributed by atoms with van der Waals surface area (Å²) in [5.74, 6) is 0.259. The van der Waals surface area contributed by atoms with Gasteiger partial charge in [-0.05, 0) is 37.0 Å². The standard InChI is InChI=1S/C28H35N3O4/c1-19-16-31(20(2)18-32)28(34)24-14-22(13-12-21-8-5-4-6-9-21)15-29-26(24)35-25(19)17-30(3)27(33)23-10-7-11-23/h4-6,8-9,12-15,19-20,23,25,32H,7,10-11,16-18H2,1-3H3/b13-12+/t19-,20-,25+/m0/s1. The third-order valence-electron chi connectivity index (χ3n) is 7.09. The quantitative estimate of drug-likeness (QED) is 0.657. The highest BCUT2D eigenvalue weighted by molar-refractivity contribution is 5.97. The number of carbonyl (C=O) groups excluding carboxylic acids is 2. The number of carbonyl (C=O) groups is 2. The fourth-order valence-corrected chi connectivity index (χ4v) is 4.51. The van der Waals surface area contributed by atoms with Crippen LogP contribution in [0.1, 0.15) is 54.6 Å². The molecule has 1 aliphatic carbocycles. The lowest BCUT2D eigenvalue weighted by Crippen LogP contribution is -2.51. The van der Waals surface area contributed by atoms with Gasteiger partial charge in [0.15, 0.2) is 0 Å². The number of nitrogens with zero attached hydrogens (tertiary/aromatic N) is 3. The fraction of sp³-hybridized carbons (Fsp3) is 0.464. The van der Waals surface area contributed by atoms with E-state index in [1.807, 2.05) is 63.4 Å². The zero-order valence-corrected chi connectivity index (χ0v) is 20.8. The summed E-state index contributed by atoms with van der Waals surface area (Å²) in [6.45, 7) is 4.54. The van der Waals surface area contributed by atoms with Gasteiger partial charge in [0.1, 0.15) is 11.7 Å². The fourth-order valence-electron chi connectivity index (χ4n) is 4.51. The summed E-state index contributed by atoms with van der Waals surface area (Å²) in [6, 6.07) is 11.3. The van der Waals surface area contributed by atoms with Crippen molar-refractivity contribution in [2.45, 2.75) is 45.3 Å². The Morgan fingerprint density at radius 2 is 1.97 bits per heavy atom. The molecule has 0 spiro atoms. The number of ether oxygens (including phenoxy) is 1. The van der Waals surface area contributed by atoms with Crippen molar-refractivity contribution in [3.05, 3.63) is 59.3 Å². The Morgan fingerprint density at radius 3 is 2.63 bits per heavy atom. The molecule has 186 valence electrons. The normalized spacial score (nSPS) is 21.5. The van der Waals surface area contributed by atoms with Crippen LogP contribution in [-0.2, 0) is 4.79 Å². The Bertz CT molecular complexity index is 1070. The van der Waals surface area contributed by atoms with Crippen LogP contribution >= 0.6 is 0 Å². The van der Waals surface area contributed by atoms with Crippen LogP contribution < -0.4 is 4.74 Å². The SMILES string of the molecule is C[C@H]1CN([C@@H](C)CO)C(=O)c2cc(/C=C/c3ccccc3)cnc2O[C@@H]1CN(C)C(=O)C1CCC1. The molecule has 3 atom stereocenters. The van der Waals surface area contributed by atoms with Gasteiger partial charge in [-0.15, -0.1) is 0 Å². The van der Waals surface area contributed by atoms with Crippen molar-refractivity contribution in [2.75, 3.05) is 26.7 Å². The van der Waals surface area contributed by atoms with Crippen molar-refractivity contribution in [1.29, 1.82) is 0 Å². The molecule has 0 saturated heterocycles. The molecule has 2 heterocycles. The summed E-state index contributed by atoms with van der Waals surface area (Å²) >= 11 is 0. The Kier molecular flexibility index (Phi) is 7.86. The van der Waals surface area contributed by atoms with Crippen molar-refractivity contribution >= 4 is 24.0 Å². The van der Waals surface area contributed by atoms with E-state index in [9.17, 15) is 14.7 Å². The summed E-state index contributed by atoms with van der Waals surface area (Å²) in [6.07, 6.45) is 8.25. The predicted octanol–water partition coefficient (Wildman–Crippen LogP) is 3.73. The van der Waals surface area contributed by atoms with Gasteiger partial charge in [0, 0.05) is 31.6 Å². The monoisotopic (exact) mass is 477 g/mol. The van der Waals surface area contributed by atoms with Crippen molar-refractivity contribution in [3.63, 3.8) is 0 Å². The third-order valence-corrected chi connectivity index (χ3v) is 7.09. The summed E-state index contributed by atoms with van der Waals surface area (Å²) < 4.78 is 6.31. The highest BCUT2D eigenvalue weighted by atomic mass is 16.5. The molecular formula is C28H35N3O4. The van der Waals surface area contributed by atoms with E-state index in [4.69, 9.17) is 4.74 Å². The number of fused-ring (bicyclic) bond motifs is 1. The molecule has 1 fully saturated rings. The molecule has 1 aliphatic heterocycles. The number of aliphatic hydroxyl groups excluding tert-OH is 1. The average molecular weight is 478 g/mol. The van der Waals surface area contributed by atoms with E-state index in [1.165, 1.54) is 0 Å². The maximum Gasteiger partial charge on any atom is 0.259 e. The lowest BCUT2D eigenvalue weighted by Gasteiger charge is -2.38. The van der Waals surface area contributed by atoms with Gasteiger partial charge in [0.05, 0.1) is 19.2 Å². The van der Waals surface area contributed by atoms with Gasteiger partial charge in [-0.1, -0.05) is 55.8 Å². The minimum absolute atomic E-state index is 0.0582. The molecule has 2 aliphatic rings. The van der Waals surface area contributed by atoms with Crippen LogP contribution in [0.4, 0.5) is 0 Å². The number of rotatable bonds is 7. The molecule has 1 N–H and O–H groups in total. The zero-order valence-electron chi connectivity index (χ0n) is 20.8. The van der Waals surface area contributed by atoms with E-state index < -0.39 is 0 Å². The Balaban J connectivity index is 1.63. The van der Waals surface area contributed by atoms with Crippen LogP contribution in [0.5, 0.6) is 5.88 Å². The van der Waals surface area contributed by atoms with Crippen molar-refractivity contribution < 1.29 is 19.4 Å². The summed E-state index contributed by atoms with van der Waals surface area (Å²) in [5, 5.41) is 9.84. The molecule has 2 amide bonds. The van der Waals surface area contributed by atoms with Gasteiger partial charge < -0.3 is 19.6 Å². The van der Waals surface area contributed by atoms with Crippen molar-refractivity contribution in [1.82, 2.24) is 14.8 Å². The largest absolute Gasteiger partial charge is 0.472 e. The molecule has 0 unspecified atom stereocenters. The van der Waals surface area contributed by atoms with Crippen LogP contribution in [0.25, 0.3) is 12.2 Å². The first kappa shape index (κ1) is 24.9. The second-order valence-corrected chi connectivity index (χ2v) is 9.83. The molecule has 7 nitrogen and oxygen atoms in total. The summed E-state index contributed by atoms with van der Waals surface area (Å²) in [5.41, 5.74) is 2.19. The lowest BCUT2D eigenvalue weighted by molar-refractivity contribution is -0.138. The number of pyridine rings is 1. The molecule has 1 aromatic heterocycles. The van der Waals surface area contributed by atoms with Gasteiger partial charge in [0.2, 0.25) is 11.8 Å². The molecule has 1 saturated carbocycles. The van der Waals surface area contributed by atoms with E-state index in [1.54, 1.807) is 22.1 Å². The molecule has 0 radical (unpaired) electrons. The van der Waals surface area contributed by atoms with E-state index in [0.29, 0.717) is 18.7 Å². The van der Waals surface area contributed by atoms with E-state index in [2.05, 4.69) is 4.98 Å². The molecule has 35 heavy (non-hydrogen) atoms. The predicted molar refractivity (Wildman–Crippen MR) is 136 cm³/mol. The van der Waals surface area contributed by atoms with Gasteiger partial charge >= 0.3 is 0 Å². The number of amides is 2. The number of aromatic nitrogens is 1. The van der Waals surface area contributed by atoms with Gasteiger partial charge in [0.25, 0.3) is 5.91 Å². The van der Waals surface area contributed by atoms with Crippen LogP contribution in [-0.4, -0.2) is 70.6 Å². The Labute approximate surface area is 207 Å². The molecule has 2 aromatic rings. The van der Waals surface area contributed by atoms with Crippen molar-refractivity contribution in [2.24, 2.45) is 11.8 Å². The second kappa shape index (κ2) is 11.0. The molecule has 0 bridgehead atoms. The van der Waals surface area contributed by atoms with Gasteiger partial charge in [-0.2, -0.15) is 0 Å². The first-order chi connectivity index (χ1) is 16.9. The summed E-state index contributed by atoms with van der Waals surface area (Å²) in [4.78, 5) is 34.3. The molecule has 4 rings (SSSR count). The highest BCUT2D eigenvalue weighted by Crippen LogP contribution is 2.30. The number of benzene rings is 1. The third kappa shape index (κ3) is 5.73. The molecule has 7 heteroatoms.